The minimum Gasteiger partial charge on any atom is -0.367 e. The molecule has 0 aromatic carbocycles. The maximum Gasteiger partial charge on any atom is 0.257 e. The lowest BCUT2D eigenvalue weighted by Crippen LogP contribution is -2.34. The van der Waals surface area contributed by atoms with Gasteiger partial charge in [-0.25, -0.2) is 0 Å². The first-order chi connectivity index (χ1) is 10.3. The number of nitrogens with zero attached hydrogens (tertiary/aromatic N) is 2. The fourth-order valence-corrected chi connectivity index (χ4v) is 3.28. The third-order valence-corrected chi connectivity index (χ3v) is 4.38. The smallest absolute Gasteiger partial charge is 0.257 e. The van der Waals surface area contributed by atoms with Gasteiger partial charge in [0.25, 0.3) is 5.89 Å². The second kappa shape index (κ2) is 6.85. The van der Waals surface area contributed by atoms with Gasteiger partial charge >= 0.3 is 0 Å². The predicted octanol–water partition coefficient (Wildman–Crippen LogP) is 2.32. The van der Waals surface area contributed by atoms with Gasteiger partial charge in [0.1, 0.15) is 11.7 Å². The molecule has 1 atom stereocenters. The zero-order valence-corrected chi connectivity index (χ0v) is 12.8. The molecule has 2 aliphatic rings. The lowest BCUT2D eigenvalue weighted by Gasteiger charge is -2.29. The Labute approximate surface area is 125 Å². The van der Waals surface area contributed by atoms with E-state index in [1.807, 2.05) is 6.92 Å². The third-order valence-electron chi connectivity index (χ3n) is 4.38. The van der Waals surface area contributed by atoms with Crippen LogP contribution < -0.4 is 5.32 Å². The summed E-state index contributed by atoms with van der Waals surface area (Å²) >= 11 is 0. The highest BCUT2D eigenvalue weighted by Gasteiger charge is 2.39. The average molecular weight is 295 g/mol. The fraction of sp³-hybridized carbons (Fsp3) is 0.867. The summed E-state index contributed by atoms with van der Waals surface area (Å²) in [5, 5.41) is 7.51. The molecule has 1 unspecified atom stereocenters. The molecule has 0 radical (unpaired) electrons. The summed E-state index contributed by atoms with van der Waals surface area (Å²) in [5.41, 5.74) is -0.366. The summed E-state index contributed by atoms with van der Waals surface area (Å²) in [5.74, 6) is 1.27. The third kappa shape index (κ3) is 3.27. The summed E-state index contributed by atoms with van der Waals surface area (Å²) in [6.45, 7) is 4.98. The normalized spacial score (nSPS) is 26.4. The standard InChI is InChI=1S/C15H25N3O3/c1-2-20-15(7-5-3-4-6-8-15)14-17-13(21-18-14)12-11-16-9-10-19-12/h12,16H,2-11H2,1H3. The van der Waals surface area contributed by atoms with Crippen LogP contribution in [0.4, 0.5) is 0 Å². The highest BCUT2D eigenvalue weighted by molar-refractivity contribution is 5.04. The minimum absolute atomic E-state index is 0.135. The summed E-state index contributed by atoms with van der Waals surface area (Å²) in [4.78, 5) is 4.62. The average Bonchev–Trinajstić information content (AvgIpc) is 2.91. The monoisotopic (exact) mass is 295 g/mol. The number of hydrogen-bond acceptors (Lipinski definition) is 6. The van der Waals surface area contributed by atoms with Crippen molar-refractivity contribution in [3.63, 3.8) is 0 Å². The van der Waals surface area contributed by atoms with Crippen LogP contribution in [0.2, 0.25) is 0 Å². The van der Waals surface area contributed by atoms with Crippen LogP contribution in [0.15, 0.2) is 4.52 Å². The van der Waals surface area contributed by atoms with E-state index >= 15 is 0 Å². The van der Waals surface area contributed by atoms with E-state index in [4.69, 9.17) is 14.0 Å². The van der Waals surface area contributed by atoms with Gasteiger partial charge in [-0.05, 0) is 19.8 Å². The Bertz CT molecular complexity index is 435. The van der Waals surface area contributed by atoms with E-state index in [2.05, 4.69) is 15.5 Å². The van der Waals surface area contributed by atoms with Gasteiger partial charge in [-0.15, -0.1) is 0 Å². The second-order valence-corrected chi connectivity index (χ2v) is 5.86. The maximum absolute atomic E-state index is 6.10. The Morgan fingerprint density at radius 1 is 1.29 bits per heavy atom. The van der Waals surface area contributed by atoms with Crippen LogP contribution in [-0.4, -0.2) is 36.4 Å². The molecule has 0 spiro atoms. The zero-order chi connectivity index (χ0) is 14.5. The molecule has 0 amide bonds. The molecular weight excluding hydrogens is 270 g/mol. The Morgan fingerprint density at radius 3 is 2.76 bits per heavy atom. The quantitative estimate of drug-likeness (QED) is 0.860. The molecule has 2 fully saturated rings. The van der Waals surface area contributed by atoms with E-state index in [-0.39, 0.29) is 11.7 Å². The summed E-state index contributed by atoms with van der Waals surface area (Å²) < 4.78 is 17.2. The fourth-order valence-electron chi connectivity index (χ4n) is 3.28. The molecule has 0 bridgehead atoms. The number of rotatable bonds is 4. The maximum atomic E-state index is 6.10. The van der Waals surface area contributed by atoms with Crippen molar-refractivity contribution in [1.29, 1.82) is 0 Å². The summed E-state index contributed by atoms with van der Waals surface area (Å²) in [6.07, 6.45) is 6.65. The zero-order valence-electron chi connectivity index (χ0n) is 12.8. The minimum atomic E-state index is -0.366. The molecule has 1 aromatic heterocycles. The molecule has 1 saturated heterocycles. The molecule has 21 heavy (non-hydrogen) atoms. The number of nitrogens with one attached hydrogen (secondary N) is 1. The molecule has 118 valence electrons. The molecule has 1 aliphatic carbocycles. The highest BCUT2D eigenvalue weighted by atomic mass is 16.5. The molecule has 6 nitrogen and oxygen atoms in total. The van der Waals surface area contributed by atoms with Crippen molar-refractivity contribution in [1.82, 2.24) is 15.5 Å². The van der Waals surface area contributed by atoms with Crippen molar-refractivity contribution in [3.05, 3.63) is 11.7 Å². The Kier molecular flexibility index (Phi) is 4.87. The van der Waals surface area contributed by atoms with Crippen LogP contribution in [-0.2, 0) is 15.1 Å². The molecule has 6 heteroatoms. The number of aromatic nitrogens is 2. The summed E-state index contributed by atoms with van der Waals surface area (Å²) in [7, 11) is 0. The van der Waals surface area contributed by atoms with Crippen molar-refractivity contribution in [2.24, 2.45) is 0 Å². The Hall–Kier alpha value is -0.980. The van der Waals surface area contributed by atoms with E-state index in [1.54, 1.807) is 0 Å². The van der Waals surface area contributed by atoms with Gasteiger partial charge in [-0.1, -0.05) is 30.8 Å². The van der Waals surface area contributed by atoms with Gasteiger partial charge in [0.15, 0.2) is 0 Å². The highest BCUT2D eigenvalue weighted by Crippen LogP contribution is 2.38. The van der Waals surface area contributed by atoms with Crippen LogP contribution in [0.25, 0.3) is 0 Å². The number of ether oxygens (including phenoxy) is 2. The molecule has 3 rings (SSSR count). The molecule has 1 saturated carbocycles. The second-order valence-electron chi connectivity index (χ2n) is 5.86. The molecule has 1 aromatic rings. The van der Waals surface area contributed by atoms with Gasteiger partial charge in [0.05, 0.1) is 6.61 Å². The molecule has 2 heterocycles. The first kappa shape index (κ1) is 14.9. The van der Waals surface area contributed by atoms with Crippen molar-refractivity contribution in [3.8, 4) is 0 Å². The number of morpholine rings is 1. The largest absolute Gasteiger partial charge is 0.367 e. The lowest BCUT2D eigenvalue weighted by molar-refractivity contribution is -0.0636. The van der Waals surface area contributed by atoms with Gasteiger partial charge in [-0.3, -0.25) is 0 Å². The van der Waals surface area contributed by atoms with Crippen LogP contribution in [0, 0.1) is 0 Å². The van der Waals surface area contributed by atoms with Crippen LogP contribution in [0.1, 0.15) is 63.3 Å². The molecule has 1 N–H and O–H groups in total. The van der Waals surface area contributed by atoms with Crippen LogP contribution in [0.3, 0.4) is 0 Å². The van der Waals surface area contributed by atoms with E-state index in [1.165, 1.54) is 12.8 Å². The van der Waals surface area contributed by atoms with Crippen LogP contribution >= 0.6 is 0 Å². The van der Waals surface area contributed by atoms with Gasteiger partial charge in [0.2, 0.25) is 5.82 Å². The van der Waals surface area contributed by atoms with Crippen molar-refractivity contribution in [2.45, 2.75) is 57.2 Å². The topological polar surface area (TPSA) is 69.4 Å². The van der Waals surface area contributed by atoms with E-state index in [0.29, 0.717) is 24.9 Å². The number of hydrogen-bond donors (Lipinski definition) is 1. The Morgan fingerprint density at radius 2 is 2.10 bits per heavy atom. The van der Waals surface area contributed by atoms with Gasteiger partial charge < -0.3 is 19.3 Å². The summed E-state index contributed by atoms with van der Waals surface area (Å²) in [6, 6.07) is 0. The Balaban J connectivity index is 1.80. The van der Waals surface area contributed by atoms with Crippen LogP contribution in [0.5, 0.6) is 0 Å². The predicted molar refractivity (Wildman–Crippen MR) is 76.9 cm³/mol. The lowest BCUT2D eigenvalue weighted by atomic mass is 9.93. The first-order valence-corrected chi connectivity index (χ1v) is 8.14. The van der Waals surface area contributed by atoms with Gasteiger partial charge in [-0.2, -0.15) is 4.98 Å². The van der Waals surface area contributed by atoms with Crippen molar-refractivity contribution in [2.75, 3.05) is 26.3 Å². The SMILES string of the molecule is CCOC1(c2noc(C3CNCCO3)n2)CCCCCC1. The van der Waals surface area contributed by atoms with Gasteiger partial charge in [0, 0.05) is 19.7 Å². The first-order valence-electron chi connectivity index (χ1n) is 8.14. The van der Waals surface area contributed by atoms with E-state index in [0.717, 1.165) is 38.8 Å². The molecule has 1 aliphatic heterocycles. The molecular formula is C15H25N3O3. The van der Waals surface area contributed by atoms with Crippen molar-refractivity contribution < 1.29 is 14.0 Å². The van der Waals surface area contributed by atoms with Crippen molar-refractivity contribution >= 4 is 0 Å². The van der Waals surface area contributed by atoms with E-state index < -0.39 is 0 Å². The van der Waals surface area contributed by atoms with E-state index in [9.17, 15) is 0 Å².